The van der Waals surface area contributed by atoms with Crippen LogP contribution in [0.15, 0.2) is 12.1 Å². The number of nitrogens with one attached hydrogen (secondary N) is 1. The van der Waals surface area contributed by atoms with Gasteiger partial charge in [-0.25, -0.2) is 8.78 Å². The van der Waals surface area contributed by atoms with Crippen molar-refractivity contribution >= 4 is 0 Å². The van der Waals surface area contributed by atoms with Crippen molar-refractivity contribution in [2.45, 2.75) is 25.9 Å². The van der Waals surface area contributed by atoms with Crippen molar-refractivity contribution in [3.05, 3.63) is 29.3 Å². The minimum atomic E-state index is -0.966. The number of hydrogen-bond donors (Lipinski definition) is 3. The summed E-state index contributed by atoms with van der Waals surface area (Å²) in [5, 5.41) is 20.6. The van der Waals surface area contributed by atoms with E-state index in [1.165, 1.54) is 0 Å². The van der Waals surface area contributed by atoms with Crippen molar-refractivity contribution in [2.24, 2.45) is 0 Å². The van der Waals surface area contributed by atoms with Gasteiger partial charge in [0.05, 0.1) is 0 Å². The molecule has 0 heterocycles. The molecule has 1 aromatic rings. The highest BCUT2D eigenvalue weighted by molar-refractivity contribution is 5.29. The molecule has 0 saturated heterocycles. The van der Waals surface area contributed by atoms with Crippen molar-refractivity contribution in [1.29, 1.82) is 0 Å². The van der Waals surface area contributed by atoms with Crippen molar-refractivity contribution in [3.63, 3.8) is 0 Å². The second-order valence-corrected chi connectivity index (χ2v) is 3.70. The zero-order valence-electron chi connectivity index (χ0n) is 9.00. The van der Waals surface area contributed by atoms with Gasteiger partial charge in [-0.15, -0.1) is 0 Å². The Labute approximate surface area is 92.7 Å². The molecule has 1 atom stereocenters. The lowest BCUT2D eigenvalue weighted by Gasteiger charge is -2.12. The second-order valence-electron chi connectivity index (χ2n) is 3.70. The fraction of sp³-hybridized carbons (Fsp3) is 0.455. The van der Waals surface area contributed by atoms with Gasteiger partial charge in [0.2, 0.25) is 0 Å². The molecule has 0 amide bonds. The number of phenolic OH excluding ortho intramolecular Hbond substituents is 1. The third kappa shape index (κ3) is 3.43. The van der Waals surface area contributed by atoms with Crippen LogP contribution in [-0.4, -0.2) is 22.9 Å². The molecule has 90 valence electrons. The summed E-state index contributed by atoms with van der Waals surface area (Å²) < 4.78 is 25.9. The Morgan fingerprint density at radius 3 is 2.38 bits per heavy atom. The Kier molecular flexibility index (Phi) is 4.64. The van der Waals surface area contributed by atoms with Crippen LogP contribution in [0.3, 0.4) is 0 Å². The zero-order valence-corrected chi connectivity index (χ0v) is 9.00. The van der Waals surface area contributed by atoms with E-state index in [2.05, 4.69) is 5.32 Å². The number of rotatable bonds is 5. The molecule has 3 nitrogen and oxygen atoms in total. The first-order valence-electron chi connectivity index (χ1n) is 5.05. The van der Waals surface area contributed by atoms with Gasteiger partial charge in [0.1, 0.15) is 0 Å². The van der Waals surface area contributed by atoms with Gasteiger partial charge in [0, 0.05) is 19.2 Å². The smallest absolute Gasteiger partial charge is 0.187 e. The van der Waals surface area contributed by atoms with E-state index in [1.807, 2.05) is 6.92 Å². The maximum absolute atomic E-state index is 13.0. The molecule has 0 radical (unpaired) electrons. The van der Waals surface area contributed by atoms with E-state index in [-0.39, 0.29) is 19.2 Å². The van der Waals surface area contributed by atoms with Crippen LogP contribution in [0.2, 0.25) is 0 Å². The third-order valence-electron chi connectivity index (χ3n) is 2.29. The van der Waals surface area contributed by atoms with E-state index in [0.717, 1.165) is 12.1 Å². The molecule has 16 heavy (non-hydrogen) atoms. The average Bonchev–Trinajstić information content (AvgIpc) is 2.23. The van der Waals surface area contributed by atoms with E-state index < -0.39 is 17.4 Å². The molecule has 1 rings (SSSR count). The molecular weight excluding hydrogens is 216 g/mol. The Morgan fingerprint density at radius 2 is 1.88 bits per heavy atom. The minimum Gasteiger partial charge on any atom is -0.503 e. The predicted molar refractivity (Wildman–Crippen MR) is 56.0 cm³/mol. The molecule has 0 aromatic heterocycles. The van der Waals surface area contributed by atoms with Gasteiger partial charge in [-0.05, 0) is 31.0 Å². The van der Waals surface area contributed by atoms with E-state index in [9.17, 15) is 8.78 Å². The SMILES string of the molecule is C[C@H](CCO)NCc1cc(F)c(O)c(F)c1. The van der Waals surface area contributed by atoms with Gasteiger partial charge in [-0.1, -0.05) is 0 Å². The number of hydrogen-bond acceptors (Lipinski definition) is 3. The van der Waals surface area contributed by atoms with E-state index in [4.69, 9.17) is 10.2 Å². The largest absolute Gasteiger partial charge is 0.503 e. The Balaban J connectivity index is 2.61. The fourth-order valence-corrected chi connectivity index (χ4v) is 1.31. The summed E-state index contributed by atoms with van der Waals surface area (Å²) in [4.78, 5) is 0. The highest BCUT2D eigenvalue weighted by Crippen LogP contribution is 2.21. The van der Waals surface area contributed by atoms with Gasteiger partial charge in [0.25, 0.3) is 0 Å². The maximum atomic E-state index is 13.0. The van der Waals surface area contributed by atoms with E-state index in [0.29, 0.717) is 12.0 Å². The number of halogens is 2. The van der Waals surface area contributed by atoms with Gasteiger partial charge in [-0.2, -0.15) is 0 Å². The Bertz CT molecular complexity index is 335. The van der Waals surface area contributed by atoms with Crippen LogP contribution in [0.25, 0.3) is 0 Å². The van der Waals surface area contributed by atoms with Gasteiger partial charge in [0.15, 0.2) is 17.4 Å². The lowest BCUT2D eigenvalue weighted by molar-refractivity contribution is 0.268. The van der Waals surface area contributed by atoms with Crippen molar-refractivity contribution < 1.29 is 19.0 Å². The molecule has 3 N–H and O–H groups in total. The number of aliphatic hydroxyl groups is 1. The maximum Gasteiger partial charge on any atom is 0.187 e. The first-order chi connectivity index (χ1) is 7.54. The third-order valence-corrected chi connectivity index (χ3v) is 2.29. The zero-order chi connectivity index (χ0) is 12.1. The van der Waals surface area contributed by atoms with Crippen LogP contribution in [0.1, 0.15) is 18.9 Å². The first-order valence-corrected chi connectivity index (χ1v) is 5.05. The Morgan fingerprint density at radius 1 is 1.31 bits per heavy atom. The van der Waals surface area contributed by atoms with Crippen molar-refractivity contribution in [1.82, 2.24) is 5.32 Å². The molecular formula is C11H15F2NO2. The van der Waals surface area contributed by atoms with E-state index in [1.54, 1.807) is 0 Å². The first kappa shape index (κ1) is 12.9. The number of aromatic hydroxyl groups is 1. The standard InChI is InChI=1S/C11H15F2NO2/c1-7(2-3-15)14-6-8-4-9(12)11(16)10(13)5-8/h4-5,7,14-16H,2-3,6H2,1H3/t7-/m1/s1. The molecule has 0 aliphatic heterocycles. The Hall–Kier alpha value is -1.20. The molecule has 1 aromatic carbocycles. The molecule has 0 aliphatic rings. The lowest BCUT2D eigenvalue weighted by atomic mass is 10.1. The highest BCUT2D eigenvalue weighted by Gasteiger charge is 2.09. The van der Waals surface area contributed by atoms with Crippen molar-refractivity contribution in [3.8, 4) is 5.75 Å². The van der Waals surface area contributed by atoms with Crippen LogP contribution in [0.5, 0.6) is 5.75 Å². The van der Waals surface area contributed by atoms with Crippen LogP contribution in [-0.2, 0) is 6.54 Å². The summed E-state index contributed by atoms with van der Waals surface area (Å²) in [7, 11) is 0. The van der Waals surface area contributed by atoms with Crippen LogP contribution < -0.4 is 5.32 Å². The minimum absolute atomic E-state index is 0.0601. The van der Waals surface area contributed by atoms with Gasteiger partial charge < -0.3 is 15.5 Å². The lowest BCUT2D eigenvalue weighted by Crippen LogP contribution is -2.26. The molecule has 0 fully saturated rings. The summed E-state index contributed by atoms with van der Waals surface area (Å²) in [6.45, 7) is 2.21. The summed E-state index contributed by atoms with van der Waals surface area (Å²) in [6, 6.07) is 2.22. The van der Waals surface area contributed by atoms with Crippen molar-refractivity contribution in [2.75, 3.05) is 6.61 Å². The molecule has 0 bridgehead atoms. The molecule has 0 saturated carbocycles. The van der Waals surface area contributed by atoms with Crippen LogP contribution in [0, 0.1) is 11.6 Å². The topological polar surface area (TPSA) is 52.5 Å². The second kappa shape index (κ2) is 5.77. The normalized spacial score (nSPS) is 12.8. The quantitative estimate of drug-likeness (QED) is 0.720. The average molecular weight is 231 g/mol. The molecule has 0 spiro atoms. The summed E-state index contributed by atoms with van der Waals surface area (Å²) in [5.74, 6) is -2.88. The highest BCUT2D eigenvalue weighted by atomic mass is 19.1. The monoisotopic (exact) mass is 231 g/mol. The predicted octanol–water partition coefficient (Wildman–Crippen LogP) is 1.53. The fourth-order valence-electron chi connectivity index (χ4n) is 1.31. The molecule has 0 aliphatic carbocycles. The number of aliphatic hydroxyl groups excluding tert-OH is 1. The molecule has 0 unspecified atom stereocenters. The van der Waals surface area contributed by atoms with E-state index >= 15 is 0 Å². The number of phenols is 1. The van der Waals surface area contributed by atoms with Crippen LogP contribution in [0.4, 0.5) is 8.78 Å². The van der Waals surface area contributed by atoms with Crippen LogP contribution >= 0.6 is 0 Å². The van der Waals surface area contributed by atoms with Gasteiger partial charge >= 0.3 is 0 Å². The summed E-state index contributed by atoms with van der Waals surface area (Å²) >= 11 is 0. The number of benzene rings is 1. The van der Waals surface area contributed by atoms with Gasteiger partial charge in [-0.3, -0.25) is 0 Å². The summed E-state index contributed by atoms with van der Waals surface area (Å²) in [6.07, 6.45) is 0.572. The summed E-state index contributed by atoms with van der Waals surface area (Å²) in [5.41, 5.74) is 0.414. The molecule has 5 heteroatoms.